The number of aryl methyl sites for hydroxylation is 1. The Morgan fingerprint density at radius 1 is 0.879 bits per heavy atom. The molecule has 4 aromatic rings. The summed E-state index contributed by atoms with van der Waals surface area (Å²) in [4.78, 5) is 0.291. The molecule has 168 valence electrons. The van der Waals surface area contributed by atoms with Crippen LogP contribution in [0.1, 0.15) is 5.56 Å². The van der Waals surface area contributed by atoms with Gasteiger partial charge in [0.05, 0.1) is 18.1 Å². The third kappa shape index (κ3) is 4.20. The fourth-order valence-electron chi connectivity index (χ4n) is 4.02. The van der Waals surface area contributed by atoms with E-state index in [-0.39, 0.29) is 0 Å². The highest BCUT2D eigenvalue weighted by molar-refractivity contribution is 7.89. The molecule has 33 heavy (non-hydrogen) atoms. The number of hydrogen-bond donors (Lipinski definition) is 1. The van der Waals surface area contributed by atoms with Crippen LogP contribution in [-0.4, -0.2) is 49.2 Å². The van der Waals surface area contributed by atoms with Gasteiger partial charge in [0.2, 0.25) is 10.0 Å². The van der Waals surface area contributed by atoms with Crippen molar-refractivity contribution in [1.29, 1.82) is 0 Å². The molecule has 0 bridgehead atoms. The van der Waals surface area contributed by atoms with E-state index in [1.165, 1.54) is 4.31 Å². The summed E-state index contributed by atoms with van der Waals surface area (Å²) in [5.74, 6) is 0.647. The van der Waals surface area contributed by atoms with Crippen LogP contribution in [0.2, 0.25) is 0 Å². The average molecular weight is 461 g/mol. The SMILES string of the molecule is Cc1ccc(-c2nnc(Nc3ccccc3)c3ccccc23)cc1S(=O)(=O)N1CCOCC1. The van der Waals surface area contributed by atoms with E-state index < -0.39 is 10.0 Å². The van der Waals surface area contributed by atoms with Crippen LogP contribution >= 0.6 is 0 Å². The van der Waals surface area contributed by atoms with E-state index in [0.717, 1.165) is 16.5 Å². The topological polar surface area (TPSA) is 84.4 Å². The number of nitrogens with zero attached hydrogens (tertiary/aromatic N) is 3. The third-order valence-electron chi connectivity index (χ3n) is 5.77. The molecule has 0 spiro atoms. The molecule has 0 atom stereocenters. The van der Waals surface area contributed by atoms with Gasteiger partial charge in [0.25, 0.3) is 0 Å². The second-order valence-electron chi connectivity index (χ2n) is 7.93. The predicted molar refractivity (Wildman–Crippen MR) is 129 cm³/mol. The van der Waals surface area contributed by atoms with Crippen molar-refractivity contribution in [3.05, 3.63) is 78.4 Å². The summed E-state index contributed by atoms with van der Waals surface area (Å²) in [5, 5.41) is 14.1. The van der Waals surface area contributed by atoms with Crippen molar-refractivity contribution in [2.75, 3.05) is 31.6 Å². The molecule has 8 heteroatoms. The Balaban J connectivity index is 1.59. The first-order valence-corrected chi connectivity index (χ1v) is 12.2. The van der Waals surface area contributed by atoms with Gasteiger partial charge in [-0.1, -0.05) is 54.6 Å². The smallest absolute Gasteiger partial charge is 0.243 e. The highest BCUT2D eigenvalue weighted by Crippen LogP contribution is 2.33. The summed E-state index contributed by atoms with van der Waals surface area (Å²) in [6.45, 7) is 3.34. The molecule has 0 aliphatic carbocycles. The maximum Gasteiger partial charge on any atom is 0.243 e. The number of anilines is 2. The number of sulfonamides is 1. The fraction of sp³-hybridized carbons (Fsp3) is 0.200. The molecule has 1 aliphatic rings. The van der Waals surface area contributed by atoms with Crippen LogP contribution in [0, 0.1) is 6.92 Å². The quantitative estimate of drug-likeness (QED) is 0.476. The summed E-state index contributed by atoms with van der Waals surface area (Å²) in [7, 11) is -3.63. The minimum Gasteiger partial charge on any atom is -0.379 e. The van der Waals surface area contributed by atoms with Gasteiger partial charge in [0.15, 0.2) is 5.82 Å². The van der Waals surface area contributed by atoms with Crippen LogP contribution < -0.4 is 5.32 Å². The molecule has 1 fully saturated rings. The van der Waals surface area contributed by atoms with Crippen LogP contribution in [0.5, 0.6) is 0 Å². The minimum atomic E-state index is -3.63. The minimum absolute atomic E-state index is 0.291. The molecule has 1 N–H and O–H groups in total. The first kappa shape index (κ1) is 21.5. The van der Waals surface area contributed by atoms with E-state index in [1.807, 2.05) is 73.7 Å². The lowest BCUT2D eigenvalue weighted by atomic mass is 10.0. The van der Waals surface area contributed by atoms with Crippen molar-refractivity contribution in [3.63, 3.8) is 0 Å². The Hall–Kier alpha value is -3.33. The molecule has 1 aliphatic heterocycles. The summed E-state index contributed by atoms with van der Waals surface area (Å²) in [6.07, 6.45) is 0. The first-order chi connectivity index (χ1) is 16.0. The number of rotatable bonds is 5. The van der Waals surface area contributed by atoms with Gasteiger partial charge in [-0.15, -0.1) is 10.2 Å². The lowest BCUT2D eigenvalue weighted by Crippen LogP contribution is -2.40. The number of benzene rings is 3. The summed E-state index contributed by atoms with van der Waals surface area (Å²) < 4.78 is 33.5. The largest absolute Gasteiger partial charge is 0.379 e. The van der Waals surface area contributed by atoms with E-state index >= 15 is 0 Å². The van der Waals surface area contributed by atoms with Gasteiger partial charge in [0.1, 0.15) is 5.69 Å². The number of morpholine rings is 1. The van der Waals surface area contributed by atoms with Crippen molar-refractivity contribution in [1.82, 2.24) is 14.5 Å². The van der Waals surface area contributed by atoms with Gasteiger partial charge in [-0.3, -0.25) is 0 Å². The van der Waals surface area contributed by atoms with Crippen LogP contribution in [0.25, 0.3) is 22.0 Å². The molecule has 3 aromatic carbocycles. The van der Waals surface area contributed by atoms with E-state index in [4.69, 9.17) is 4.74 Å². The molecular weight excluding hydrogens is 436 g/mol. The lowest BCUT2D eigenvalue weighted by molar-refractivity contribution is 0.0730. The highest BCUT2D eigenvalue weighted by Gasteiger charge is 2.28. The normalized spacial score (nSPS) is 14.9. The van der Waals surface area contributed by atoms with Gasteiger partial charge in [-0.2, -0.15) is 4.31 Å². The van der Waals surface area contributed by atoms with E-state index in [2.05, 4.69) is 15.5 Å². The van der Waals surface area contributed by atoms with Crippen LogP contribution in [-0.2, 0) is 14.8 Å². The number of aromatic nitrogens is 2. The third-order valence-corrected chi connectivity index (χ3v) is 7.81. The monoisotopic (exact) mass is 460 g/mol. The lowest BCUT2D eigenvalue weighted by Gasteiger charge is -2.26. The molecule has 0 amide bonds. The van der Waals surface area contributed by atoms with Crippen LogP contribution in [0.15, 0.2) is 77.7 Å². The molecule has 1 saturated heterocycles. The van der Waals surface area contributed by atoms with Crippen molar-refractivity contribution >= 4 is 32.3 Å². The molecule has 0 unspecified atom stereocenters. The van der Waals surface area contributed by atoms with Crippen molar-refractivity contribution in [2.45, 2.75) is 11.8 Å². The average Bonchev–Trinajstić information content (AvgIpc) is 2.86. The number of para-hydroxylation sites is 1. The van der Waals surface area contributed by atoms with Gasteiger partial charge in [0, 0.05) is 35.1 Å². The van der Waals surface area contributed by atoms with Crippen molar-refractivity contribution < 1.29 is 13.2 Å². The highest BCUT2D eigenvalue weighted by atomic mass is 32.2. The Labute approximate surface area is 193 Å². The summed E-state index contributed by atoms with van der Waals surface area (Å²) in [6, 6.07) is 23.1. The first-order valence-electron chi connectivity index (χ1n) is 10.8. The number of nitrogens with one attached hydrogen (secondary N) is 1. The van der Waals surface area contributed by atoms with Gasteiger partial charge in [-0.05, 0) is 30.7 Å². The van der Waals surface area contributed by atoms with E-state index in [9.17, 15) is 8.42 Å². The van der Waals surface area contributed by atoms with Gasteiger partial charge < -0.3 is 10.1 Å². The van der Waals surface area contributed by atoms with Crippen LogP contribution in [0.3, 0.4) is 0 Å². The zero-order valence-corrected chi connectivity index (χ0v) is 19.0. The molecule has 1 aromatic heterocycles. The Bertz CT molecular complexity index is 1400. The maximum absolute atomic E-state index is 13.3. The number of hydrogen-bond acceptors (Lipinski definition) is 6. The number of fused-ring (bicyclic) bond motifs is 1. The molecular formula is C25H24N4O3S. The molecule has 2 heterocycles. The summed E-state index contributed by atoms with van der Waals surface area (Å²) >= 11 is 0. The molecule has 0 radical (unpaired) electrons. The zero-order chi connectivity index (χ0) is 22.8. The molecule has 0 saturated carbocycles. The maximum atomic E-state index is 13.3. The van der Waals surface area contributed by atoms with E-state index in [0.29, 0.717) is 53.8 Å². The van der Waals surface area contributed by atoms with Gasteiger partial charge >= 0.3 is 0 Å². The zero-order valence-electron chi connectivity index (χ0n) is 18.2. The Kier molecular flexibility index (Phi) is 5.80. The van der Waals surface area contributed by atoms with Gasteiger partial charge in [-0.25, -0.2) is 8.42 Å². The summed E-state index contributed by atoms with van der Waals surface area (Å²) in [5.41, 5.74) is 2.97. The Morgan fingerprint density at radius 3 is 2.33 bits per heavy atom. The predicted octanol–water partition coefficient (Wildman–Crippen LogP) is 4.37. The standard InChI is InChI=1S/C25H24N4O3S/c1-18-11-12-19(17-23(18)33(30,31)29-13-15-32-16-14-29)24-21-9-5-6-10-22(21)25(28-27-24)26-20-7-3-2-4-8-20/h2-12,17H,13-16H2,1H3,(H,26,28). The Morgan fingerprint density at radius 2 is 1.58 bits per heavy atom. The van der Waals surface area contributed by atoms with E-state index in [1.54, 1.807) is 6.07 Å². The van der Waals surface area contributed by atoms with Crippen LogP contribution in [0.4, 0.5) is 11.5 Å². The fourth-order valence-corrected chi connectivity index (χ4v) is 5.68. The number of ether oxygens (including phenoxy) is 1. The second-order valence-corrected chi connectivity index (χ2v) is 9.84. The van der Waals surface area contributed by atoms with Crippen molar-refractivity contribution in [3.8, 4) is 11.3 Å². The van der Waals surface area contributed by atoms with Crippen molar-refractivity contribution in [2.24, 2.45) is 0 Å². The molecule has 5 rings (SSSR count). The molecule has 7 nitrogen and oxygen atoms in total. The second kappa shape index (κ2) is 8.90.